The number of carbonyl (C=O) groups excluding carboxylic acids is 1. The maximum absolute atomic E-state index is 11.8. The number of nitrogens with zero attached hydrogens (tertiary/aromatic N) is 1. The molecule has 0 spiro atoms. The van der Waals surface area contributed by atoms with E-state index in [1.807, 2.05) is 25.1 Å². The Morgan fingerprint density at radius 3 is 2.80 bits per heavy atom. The molecule has 5 nitrogen and oxygen atoms in total. The number of nitrogens with one attached hydrogen (secondary N) is 1. The minimum absolute atomic E-state index is 0.0485. The lowest BCUT2D eigenvalue weighted by molar-refractivity contribution is 0.202. The molecule has 0 saturated carbocycles. The third-order valence-corrected chi connectivity index (χ3v) is 2.99. The molecule has 2 amide bonds. The number of ether oxygens (including phenoxy) is 1. The number of hydrogen-bond acceptors (Lipinski definition) is 3. The molecule has 0 saturated heterocycles. The zero-order valence-electron chi connectivity index (χ0n) is 12.5. The molecule has 5 heteroatoms. The van der Waals surface area contributed by atoms with Crippen LogP contribution in [0.4, 0.5) is 10.5 Å². The van der Waals surface area contributed by atoms with Gasteiger partial charge in [0.2, 0.25) is 0 Å². The van der Waals surface area contributed by atoms with Crippen LogP contribution in [0.15, 0.2) is 18.2 Å². The van der Waals surface area contributed by atoms with Gasteiger partial charge in [0.05, 0.1) is 13.2 Å². The average Bonchev–Trinajstić information content (AvgIpc) is 2.42. The Balaban J connectivity index is 2.61. The lowest BCUT2D eigenvalue weighted by Gasteiger charge is -2.18. The number of aliphatic hydroxyl groups is 1. The van der Waals surface area contributed by atoms with E-state index in [9.17, 15) is 4.79 Å². The van der Waals surface area contributed by atoms with Crippen LogP contribution in [0.25, 0.3) is 0 Å². The Labute approximate surface area is 120 Å². The van der Waals surface area contributed by atoms with Crippen LogP contribution >= 0.6 is 0 Å². The summed E-state index contributed by atoms with van der Waals surface area (Å²) in [5, 5.41) is 11.6. The van der Waals surface area contributed by atoms with E-state index >= 15 is 0 Å². The molecule has 0 unspecified atom stereocenters. The van der Waals surface area contributed by atoms with Crippen molar-refractivity contribution in [3.8, 4) is 5.75 Å². The van der Waals surface area contributed by atoms with Gasteiger partial charge in [0.15, 0.2) is 0 Å². The lowest BCUT2D eigenvalue weighted by Crippen LogP contribution is -2.33. The van der Waals surface area contributed by atoms with Crippen molar-refractivity contribution in [2.24, 2.45) is 0 Å². The standard InChI is InChI=1S/C15H24N2O3/c1-4-5-10-20-13-6-7-14(12(2)11-13)16-15(19)17(3)8-9-18/h6-7,11,18H,4-5,8-10H2,1-3H3,(H,16,19). The summed E-state index contributed by atoms with van der Waals surface area (Å²) in [6, 6.07) is 5.37. The molecule has 1 aromatic rings. The first kappa shape index (κ1) is 16.3. The Morgan fingerprint density at radius 1 is 1.45 bits per heavy atom. The number of rotatable bonds is 7. The number of aryl methyl sites for hydroxylation is 1. The minimum Gasteiger partial charge on any atom is -0.494 e. The van der Waals surface area contributed by atoms with Gasteiger partial charge in [-0.25, -0.2) is 4.79 Å². The van der Waals surface area contributed by atoms with E-state index in [-0.39, 0.29) is 12.6 Å². The topological polar surface area (TPSA) is 61.8 Å². The molecule has 0 aliphatic heterocycles. The van der Waals surface area contributed by atoms with Gasteiger partial charge >= 0.3 is 6.03 Å². The van der Waals surface area contributed by atoms with E-state index in [1.165, 1.54) is 4.90 Å². The van der Waals surface area contributed by atoms with Crippen LogP contribution in [0.3, 0.4) is 0 Å². The summed E-state index contributed by atoms with van der Waals surface area (Å²) >= 11 is 0. The number of amides is 2. The summed E-state index contributed by atoms with van der Waals surface area (Å²) in [6.45, 7) is 5.02. The highest BCUT2D eigenvalue weighted by molar-refractivity contribution is 5.90. The third-order valence-electron chi connectivity index (χ3n) is 2.99. The van der Waals surface area contributed by atoms with E-state index in [0.717, 1.165) is 29.8 Å². The first-order valence-corrected chi connectivity index (χ1v) is 6.95. The van der Waals surface area contributed by atoms with Crippen molar-refractivity contribution in [2.45, 2.75) is 26.7 Å². The van der Waals surface area contributed by atoms with Crippen LogP contribution in [-0.2, 0) is 0 Å². The molecule has 0 heterocycles. The summed E-state index contributed by atoms with van der Waals surface area (Å²) in [7, 11) is 1.64. The summed E-state index contributed by atoms with van der Waals surface area (Å²) in [4.78, 5) is 13.3. The average molecular weight is 280 g/mol. The minimum atomic E-state index is -0.234. The molecule has 0 radical (unpaired) electrons. The van der Waals surface area contributed by atoms with Gasteiger partial charge in [0, 0.05) is 19.3 Å². The van der Waals surface area contributed by atoms with Crippen molar-refractivity contribution < 1.29 is 14.6 Å². The molecule has 0 aliphatic rings. The zero-order chi connectivity index (χ0) is 15.0. The fraction of sp³-hybridized carbons (Fsp3) is 0.533. The molecule has 2 N–H and O–H groups in total. The fourth-order valence-electron chi connectivity index (χ4n) is 1.66. The van der Waals surface area contributed by atoms with Gasteiger partial charge < -0.3 is 20.1 Å². The Morgan fingerprint density at radius 2 is 2.20 bits per heavy atom. The van der Waals surface area contributed by atoms with Gasteiger partial charge in [-0.05, 0) is 37.1 Å². The first-order valence-electron chi connectivity index (χ1n) is 6.95. The van der Waals surface area contributed by atoms with Crippen molar-refractivity contribution in [3.63, 3.8) is 0 Å². The Bertz CT molecular complexity index is 435. The fourth-order valence-corrected chi connectivity index (χ4v) is 1.66. The number of benzene rings is 1. The van der Waals surface area contributed by atoms with E-state index in [1.54, 1.807) is 7.05 Å². The lowest BCUT2D eigenvalue weighted by atomic mass is 10.2. The molecule has 0 fully saturated rings. The SMILES string of the molecule is CCCCOc1ccc(NC(=O)N(C)CCO)c(C)c1. The second kappa shape index (κ2) is 8.43. The molecular formula is C15H24N2O3. The van der Waals surface area contributed by atoms with E-state index < -0.39 is 0 Å². The molecule has 112 valence electrons. The molecule has 0 atom stereocenters. The zero-order valence-corrected chi connectivity index (χ0v) is 12.5. The van der Waals surface area contributed by atoms with Crippen LogP contribution in [0.1, 0.15) is 25.3 Å². The summed E-state index contributed by atoms with van der Waals surface area (Å²) in [6.07, 6.45) is 2.13. The molecular weight excluding hydrogens is 256 g/mol. The molecule has 20 heavy (non-hydrogen) atoms. The highest BCUT2D eigenvalue weighted by atomic mass is 16.5. The normalized spacial score (nSPS) is 10.2. The second-order valence-corrected chi connectivity index (χ2v) is 4.75. The van der Waals surface area contributed by atoms with Gasteiger partial charge in [-0.2, -0.15) is 0 Å². The van der Waals surface area contributed by atoms with E-state index in [4.69, 9.17) is 9.84 Å². The van der Waals surface area contributed by atoms with E-state index in [0.29, 0.717) is 13.2 Å². The van der Waals surface area contributed by atoms with Gasteiger partial charge in [-0.15, -0.1) is 0 Å². The third kappa shape index (κ3) is 5.09. The van der Waals surface area contributed by atoms with Crippen LogP contribution in [0.2, 0.25) is 0 Å². The number of hydrogen-bond donors (Lipinski definition) is 2. The highest BCUT2D eigenvalue weighted by Gasteiger charge is 2.09. The molecule has 1 rings (SSSR count). The van der Waals surface area contributed by atoms with Crippen molar-refractivity contribution in [2.75, 3.05) is 32.1 Å². The predicted molar refractivity (Wildman–Crippen MR) is 80.3 cm³/mol. The van der Waals surface area contributed by atoms with Gasteiger partial charge in [0.1, 0.15) is 5.75 Å². The number of likely N-dealkylation sites (N-methyl/N-ethyl adjacent to an activating group) is 1. The Hall–Kier alpha value is -1.75. The summed E-state index contributed by atoms with van der Waals surface area (Å²) in [5.74, 6) is 0.817. The molecule has 0 bridgehead atoms. The maximum atomic E-state index is 11.8. The van der Waals surface area contributed by atoms with Gasteiger partial charge in [0.25, 0.3) is 0 Å². The molecule has 0 aromatic heterocycles. The number of aliphatic hydroxyl groups excluding tert-OH is 1. The van der Waals surface area contributed by atoms with Crippen molar-refractivity contribution in [3.05, 3.63) is 23.8 Å². The number of urea groups is 1. The van der Waals surface area contributed by atoms with Gasteiger partial charge in [-0.1, -0.05) is 13.3 Å². The molecule has 0 aliphatic carbocycles. The van der Waals surface area contributed by atoms with Crippen LogP contribution in [0.5, 0.6) is 5.75 Å². The number of anilines is 1. The second-order valence-electron chi connectivity index (χ2n) is 4.75. The summed E-state index contributed by atoms with van der Waals surface area (Å²) < 4.78 is 5.62. The molecule has 1 aromatic carbocycles. The van der Waals surface area contributed by atoms with E-state index in [2.05, 4.69) is 12.2 Å². The summed E-state index contributed by atoms with van der Waals surface area (Å²) in [5.41, 5.74) is 1.70. The highest BCUT2D eigenvalue weighted by Crippen LogP contribution is 2.21. The Kier molecular flexibility index (Phi) is 6.87. The maximum Gasteiger partial charge on any atom is 0.321 e. The van der Waals surface area contributed by atoms with Crippen LogP contribution in [-0.4, -0.2) is 42.8 Å². The van der Waals surface area contributed by atoms with Crippen molar-refractivity contribution in [1.82, 2.24) is 4.90 Å². The predicted octanol–water partition coefficient (Wildman–Crippen LogP) is 2.63. The van der Waals surface area contributed by atoms with Crippen molar-refractivity contribution >= 4 is 11.7 Å². The van der Waals surface area contributed by atoms with Gasteiger partial charge in [-0.3, -0.25) is 0 Å². The monoisotopic (exact) mass is 280 g/mol. The van der Waals surface area contributed by atoms with Crippen molar-refractivity contribution in [1.29, 1.82) is 0 Å². The number of carbonyl (C=O) groups is 1. The number of unbranched alkanes of at least 4 members (excludes halogenated alkanes) is 1. The smallest absolute Gasteiger partial charge is 0.321 e. The van der Waals surface area contributed by atoms with Crippen LogP contribution < -0.4 is 10.1 Å². The first-order chi connectivity index (χ1) is 9.58. The largest absolute Gasteiger partial charge is 0.494 e. The quantitative estimate of drug-likeness (QED) is 0.755. The van der Waals surface area contributed by atoms with Crippen LogP contribution in [0, 0.1) is 6.92 Å².